The third kappa shape index (κ3) is 1.65. The van der Waals surface area contributed by atoms with E-state index in [9.17, 15) is 0 Å². The highest BCUT2D eigenvalue weighted by molar-refractivity contribution is 5.80. The summed E-state index contributed by atoms with van der Waals surface area (Å²) in [5.74, 6) is 1.55. The molecule has 3 nitrogen and oxygen atoms in total. The van der Waals surface area contributed by atoms with Crippen LogP contribution in [0.3, 0.4) is 0 Å². The molecule has 83 valence electrons. The fourth-order valence-corrected chi connectivity index (χ4v) is 1.85. The number of imidazole rings is 1. The van der Waals surface area contributed by atoms with Gasteiger partial charge in [0.05, 0.1) is 23.7 Å². The third-order valence-electron chi connectivity index (χ3n) is 2.66. The van der Waals surface area contributed by atoms with E-state index < -0.39 is 0 Å². The Balaban J connectivity index is 2.20. The first kappa shape index (κ1) is 9.90. The van der Waals surface area contributed by atoms with E-state index in [-0.39, 0.29) is 0 Å². The van der Waals surface area contributed by atoms with Crippen LogP contribution < -0.4 is 4.74 Å². The van der Waals surface area contributed by atoms with Gasteiger partial charge in [-0.3, -0.25) is 0 Å². The van der Waals surface area contributed by atoms with E-state index >= 15 is 0 Å². The summed E-state index contributed by atoms with van der Waals surface area (Å²) in [6, 6.07) is 16.7. The van der Waals surface area contributed by atoms with Crippen molar-refractivity contribution in [1.82, 2.24) is 9.97 Å². The summed E-state index contributed by atoms with van der Waals surface area (Å²) in [4.78, 5) is 7.79. The van der Waals surface area contributed by atoms with Gasteiger partial charge in [-0.15, -0.1) is 0 Å². The molecule has 0 bridgehead atoms. The predicted octanol–water partition coefficient (Wildman–Crippen LogP) is 3.04. The molecule has 1 aromatic heterocycles. The van der Waals surface area contributed by atoms with Crippen molar-refractivity contribution < 1.29 is 4.74 Å². The molecule has 1 heterocycles. The van der Waals surface area contributed by atoms with E-state index in [2.05, 4.69) is 16.0 Å². The summed E-state index contributed by atoms with van der Waals surface area (Å²) in [5.41, 5.74) is 2.81. The van der Waals surface area contributed by atoms with Crippen LogP contribution >= 0.6 is 0 Å². The number of para-hydroxylation sites is 2. The van der Waals surface area contributed by atoms with Crippen molar-refractivity contribution in [2.75, 3.05) is 7.11 Å². The number of hydrogen-bond donors (Lipinski definition) is 1. The molecule has 3 heteroatoms. The van der Waals surface area contributed by atoms with E-state index in [0.717, 1.165) is 28.2 Å². The van der Waals surface area contributed by atoms with Crippen LogP contribution in [-0.2, 0) is 0 Å². The van der Waals surface area contributed by atoms with Crippen molar-refractivity contribution in [2.24, 2.45) is 0 Å². The summed E-state index contributed by atoms with van der Waals surface area (Å²) < 4.78 is 5.30. The first-order valence-electron chi connectivity index (χ1n) is 5.38. The van der Waals surface area contributed by atoms with E-state index in [1.54, 1.807) is 7.11 Å². The Morgan fingerprint density at radius 2 is 2.06 bits per heavy atom. The van der Waals surface area contributed by atoms with Crippen molar-refractivity contribution >= 4 is 11.0 Å². The molecule has 0 spiro atoms. The number of ether oxygens (including phenoxy) is 1. The topological polar surface area (TPSA) is 37.9 Å². The highest BCUT2D eigenvalue weighted by Gasteiger charge is 2.09. The highest BCUT2D eigenvalue weighted by atomic mass is 16.5. The van der Waals surface area contributed by atoms with Gasteiger partial charge in [0.2, 0.25) is 0 Å². The van der Waals surface area contributed by atoms with Gasteiger partial charge in [0.25, 0.3) is 0 Å². The average Bonchev–Trinajstić information content (AvgIpc) is 2.82. The lowest BCUT2D eigenvalue weighted by Gasteiger charge is -2.04. The molecule has 0 saturated carbocycles. The molecule has 0 atom stereocenters. The molecular formula is C14H11N2O. The normalized spacial score (nSPS) is 10.6. The van der Waals surface area contributed by atoms with Gasteiger partial charge in [0, 0.05) is 0 Å². The summed E-state index contributed by atoms with van der Waals surface area (Å²) in [7, 11) is 1.65. The molecule has 1 radical (unpaired) electrons. The summed E-state index contributed by atoms with van der Waals surface area (Å²) in [6.07, 6.45) is 0. The standard InChI is InChI=1S/C14H11N2O/c1-17-13-9-5-2-6-10(13)14-15-11-7-3-4-8-12(11)16-14/h2-5,7-9H,1H3,(H,15,16). The number of nitrogens with zero attached hydrogens (tertiary/aromatic N) is 1. The number of benzene rings is 2. The zero-order chi connectivity index (χ0) is 11.7. The van der Waals surface area contributed by atoms with Crippen molar-refractivity contribution in [1.29, 1.82) is 0 Å². The van der Waals surface area contributed by atoms with Gasteiger partial charge in [0.1, 0.15) is 11.6 Å². The molecule has 0 unspecified atom stereocenters. The Morgan fingerprint density at radius 1 is 1.18 bits per heavy atom. The van der Waals surface area contributed by atoms with Crippen LogP contribution in [0.2, 0.25) is 0 Å². The number of nitrogens with one attached hydrogen (secondary N) is 1. The molecule has 2 aromatic carbocycles. The predicted molar refractivity (Wildman–Crippen MR) is 66.9 cm³/mol. The van der Waals surface area contributed by atoms with Gasteiger partial charge in [0.15, 0.2) is 0 Å². The third-order valence-corrected chi connectivity index (χ3v) is 2.66. The SMILES string of the molecule is COc1ccc[c]c1-c1nc2ccccc2[nH]1. The van der Waals surface area contributed by atoms with Crippen molar-refractivity contribution in [3.8, 4) is 17.1 Å². The fourth-order valence-electron chi connectivity index (χ4n) is 1.85. The molecule has 0 fully saturated rings. The number of hydrogen-bond acceptors (Lipinski definition) is 2. The lowest BCUT2D eigenvalue weighted by Crippen LogP contribution is -1.88. The second-order valence-corrected chi connectivity index (χ2v) is 3.72. The first-order chi connectivity index (χ1) is 8.38. The molecule has 0 aliphatic heterocycles. The van der Waals surface area contributed by atoms with Gasteiger partial charge < -0.3 is 9.72 Å². The number of H-pyrrole nitrogens is 1. The minimum atomic E-state index is 0.770. The van der Waals surface area contributed by atoms with Crippen LogP contribution in [0.15, 0.2) is 42.5 Å². The van der Waals surface area contributed by atoms with Gasteiger partial charge >= 0.3 is 0 Å². The molecule has 17 heavy (non-hydrogen) atoms. The maximum absolute atomic E-state index is 5.30. The Kier molecular flexibility index (Phi) is 2.29. The minimum Gasteiger partial charge on any atom is -0.496 e. The zero-order valence-electron chi connectivity index (χ0n) is 9.40. The minimum absolute atomic E-state index is 0.770. The number of methoxy groups -OCH3 is 1. The lowest BCUT2D eigenvalue weighted by molar-refractivity contribution is 0.416. The van der Waals surface area contributed by atoms with Crippen molar-refractivity contribution in [2.45, 2.75) is 0 Å². The van der Waals surface area contributed by atoms with Crippen LogP contribution in [0.1, 0.15) is 0 Å². The van der Waals surface area contributed by atoms with E-state index in [1.807, 2.05) is 42.5 Å². The Hall–Kier alpha value is -2.29. The summed E-state index contributed by atoms with van der Waals surface area (Å²) >= 11 is 0. The molecule has 3 rings (SSSR count). The van der Waals surface area contributed by atoms with Gasteiger partial charge in [-0.05, 0) is 24.3 Å². The Morgan fingerprint density at radius 3 is 2.88 bits per heavy atom. The number of fused-ring (bicyclic) bond motifs is 1. The maximum Gasteiger partial charge on any atom is 0.142 e. The number of rotatable bonds is 2. The van der Waals surface area contributed by atoms with Gasteiger partial charge in [-0.25, -0.2) is 4.98 Å². The molecule has 0 saturated heterocycles. The van der Waals surface area contributed by atoms with Crippen LogP contribution in [0.4, 0.5) is 0 Å². The molecule has 0 aliphatic rings. The second-order valence-electron chi connectivity index (χ2n) is 3.72. The number of aromatic amines is 1. The smallest absolute Gasteiger partial charge is 0.142 e. The van der Waals surface area contributed by atoms with E-state index in [0.29, 0.717) is 0 Å². The van der Waals surface area contributed by atoms with E-state index in [1.165, 1.54) is 0 Å². The fraction of sp³-hybridized carbons (Fsp3) is 0.0714. The van der Waals surface area contributed by atoms with Crippen LogP contribution in [0.5, 0.6) is 5.75 Å². The molecule has 1 N–H and O–H groups in total. The van der Waals surface area contributed by atoms with Crippen molar-refractivity contribution in [3.05, 3.63) is 48.5 Å². The van der Waals surface area contributed by atoms with E-state index in [4.69, 9.17) is 4.74 Å². The van der Waals surface area contributed by atoms with Crippen molar-refractivity contribution in [3.63, 3.8) is 0 Å². The quantitative estimate of drug-likeness (QED) is 0.725. The lowest BCUT2D eigenvalue weighted by atomic mass is 10.2. The largest absolute Gasteiger partial charge is 0.496 e. The Bertz CT molecular complexity index is 625. The Labute approximate surface area is 99.1 Å². The highest BCUT2D eigenvalue weighted by Crippen LogP contribution is 2.28. The second kappa shape index (κ2) is 3.94. The van der Waals surface area contributed by atoms with Crippen LogP contribution in [-0.4, -0.2) is 17.1 Å². The first-order valence-corrected chi connectivity index (χ1v) is 5.38. The van der Waals surface area contributed by atoms with Gasteiger partial charge in [-0.1, -0.05) is 24.3 Å². The molecule has 0 amide bonds. The van der Waals surface area contributed by atoms with Gasteiger partial charge in [-0.2, -0.15) is 0 Å². The number of aromatic nitrogens is 2. The zero-order valence-corrected chi connectivity index (χ0v) is 9.40. The summed E-state index contributed by atoms with van der Waals surface area (Å²) in [5, 5.41) is 0. The molecular weight excluding hydrogens is 212 g/mol. The van der Waals surface area contributed by atoms with Crippen LogP contribution in [0, 0.1) is 6.07 Å². The molecule has 0 aliphatic carbocycles. The molecule has 3 aromatic rings. The monoisotopic (exact) mass is 223 g/mol. The maximum atomic E-state index is 5.30. The van der Waals surface area contributed by atoms with Crippen LogP contribution in [0.25, 0.3) is 22.4 Å². The summed E-state index contributed by atoms with van der Waals surface area (Å²) in [6.45, 7) is 0. The average molecular weight is 223 g/mol.